The predicted molar refractivity (Wildman–Crippen MR) is 112 cm³/mol. The summed E-state index contributed by atoms with van der Waals surface area (Å²) in [6.07, 6.45) is 1.38. The summed E-state index contributed by atoms with van der Waals surface area (Å²) in [5, 5.41) is 13.8. The third kappa shape index (κ3) is 4.88. The van der Waals surface area contributed by atoms with E-state index in [-0.39, 0.29) is 18.6 Å². The van der Waals surface area contributed by atoms with Crippen LogP contribution in [0.25, 0.3) is 0 Å². The lowest BCUT2D eigenvalue weighted by molar-refractivity contribution is 0.0277. The molecule has 1 aliphatic rings. The van der Waals surface area contributed by atoms with Crippen molar-refractivity contribution in [2.24, 2.45) is 5.92 Å². The Morgan fingerprint density at radius 2 is 2.07 bits per heavy atom. The van der Waals surface area contributed by atoms with E-state index in [0.29, 0.717) is 19.6 Å². The maximum atomic E-state index is 12.7. The third-order valence-electron chi connectivity index (χ3n) is 5.09. The minimum Gasteiger partial charge on any atom is -0.497 e. The summed E-state index contributed by atoms with van der Waals surface area (Å²) >= 11 is 1.38. The van der Waals surface area contributed by atoms with Crippen LogP contribution in [0.2, 0.25) is 0 Å². The number of aliphatic hydroxyl groups is 1. The number of nitrogens with one attached hydrogen (secondary N) is 1. The molecule has 0 saturated carbocycles. The fourth-order valence-corrected chi connectivity index (χ4v) is 4.43. The van der Waals surface area contributed by atoms with Gasteiger partial charge < -0.3 is 24.8 Å². The van der Waals surface area contributed by atoms with Crippen molar-refractivity contribution in [2.75, 3.05) is 26.8 Å². The number of aromatic nitrogens is 1. The molecule has 0 bridgehead atoms. The highest BCUT2D eigenvalue weighted by atomic mass is 32.1. The second-order valence-electron chi connectivity index (χ2n) is 8.29. The summed E-state index contributed by atoms with van der Waals surface area (Å²) in [5.74, 6) is 0.629. The van der Waals surface area contributed by atoms with E-state index in [9.17, 15) is 9.90 Å². The van der Waals surface area contributed by atoms with Gasteiger partial charge in [-0.15, -0.1) is 0 Å². The first kappa shape index (κ1) is 21.5. The van der Waals surface area contributed by atoms with Gasteiger partial charge in [0.25, 0.3) is 0 Å². The Morgan fingerprint density at radius 3 is 2.62 bits per heavy atom. The molecule has 29 heavy (non-hydrogen) atoms. The smallest absolute Gasteiger partial charge is 0.410 e. The lowest BCUT2D eigenvalue weighted by Gasteiger charge is -2.34. The predicted octanol–water partition coefficient (Wildman–Crippen LogP) is 3.00. The van der Waals surface area contributed by atoms with Gasteiger partial charge in [-0.3, -0.25) is 0 Å². The minimum absolute atomic E-state index is 0.0488. The van der Waals surface area contributed by atoms with Crippen LogP contribution in [0.4, 0.5) is 4.79 Å². The highest BCUT2D eigenvalue weighted by Crippen LogP contribution is 2.39. The molecule has 7 nitrogen and oxygen atoms in total. The maximum Gasteiger partial charge on any atom is 0.410 e. The van der Waals surface area contributed by atoms with Gasteiger partial charge in [-0.25, -0.2) is 9.17 Å². The van der Waals surface area contributed by atoms with Crippen LogP contribution >= 0.6 is 11.5 Å². The van der Waals surface area contributed by atoms with Gasteiger partial charge in [0.15, 0.2) is 0 Å². The zero-order chi connectivity index (χ0) is 21.1. The molecule has 8 heteroatoms. The highest BCUT2D eigenvalue weighted by Gasteiger charge is 2.50. The van der Waals surface area contributed by atoms with E-state index in [2.05, 4.69) is 9.69 Å². The quantitative estimate of drug-likeness (QED) is 0.749. The van der Waals surface area contributed by atoms with Crippen molar-refractivity contribution in [3.63, 3.8) is 0 Å². The number of ether oxygens (including phenoxy) is 2. The average Bonchev–Trinajstić information content (AvgIpc) is 3.34. The Hall–Kier alpha value is -2.16. The molecule has 2 heterocycles. The first-order valence-corrected chi connectivity index (χ1v) is 10.4. The SMILES string of the molecule is COc1ccc(CNC2(c3ccns3)CN(C(=O)OC(C)(C)C)CC2CO)cc1. The van der Waals surface area contributed by atoms with Crippen LogP contribution in [-0.2, 0) is 16.8 Å². The number of carbonyl (C=O) groups excluding carboxylic acids is 1. The Morgan fingerprint density at radius 1 is 1.34 bits per heavy atom. The van der Waals surface area contributed by atoms with Crippen molar-refractivity contribution in [1.82, 2.24) is 14.6 Å². The summed E-state index contributed by atoms with van der Waals surface area (Å²) in [4.78, 5) is 15.4. The van der Waals surface area contributed by atoms with Crippen LogP contribution in [0, 0.1) is 5.92 Å². The number of aliphatic hydroxyl groups excluding tert-OH is 1. The normalized spacial score (nSPS) is 22.0. The lowest BCUT2D eigenvalue weighted by Crippen LogP contribution is -2.49. The third-order valence-corrected chi connectivity index (χ3v) is 6.02. The fourth-order valence-electron chi connectivity index (χ4n) is 3.61. The molecule has 1 saturated heterocycles. The molecule has 2 unspecified atom stereocenters. The number of carbonyl (C=O) groups is 1. The molecule has 2 aromatic rings. The molecule has 1 aliphatic heterocycles. The zero-order valence-corrected chi connectivity index (χ0v) is 18.2. The molecule has 1 fully saturated rings. The van der Waals surface area contributed by atoms with Crippen molar-refractivity contribution in [3.05, 3.63) is 47.0 Å². The average molecular weight is 420 g/mol. The minimum atomic E-state index is -0.591. The van der Waals surface area contributed by atoms with Gasteiger partial charge in [-0.05, 0) is 56.1 Å². The number of hydrogen-bond donors (Lipinski definition) is 2. The molecule has 1 aromatic heterocycles. The molecule has 158 valence electrons. The van der Waals surface area contributed by atoms with Gasteiger partial charge in [0.05, 0.1) is 12.6 Å². The standard InChI is InChI=1S/C21H29N3O4S/c1-20(2,3)28-19(26)24-12-16(13-25)21(14-24,18-9-10-23-29-18)22-11-15-5-7-17(27-4)8-6-15/h5-10,16,22,25H,11-14H2,1-4H3. The number of likely N-dealkylation sites (tertiary alicyclic amines) is 1. The van der Waals surface area contributed by atoms with E-state index in [4.69, 9.17) is 9.47 Å². The van der Waals surface area contributed by atoms with Crippen LogP contribution < -0.4 is 10.1 Å². The molecule has 3 rings (SSSR count). The highest BCUT2D eigenvalue weighted by molar-refractivity contribution is 7.05. The van der Waals surface area contributed by atoms with E-state index in [0.717, 1.165) is 16.2 Å². The van der Waals surface area contributed by atoms with Gasteiger partial charge >= 0.3 is 6.09 Å². The van der Waals surface area contributed by atoms with Crippen molar-refractivity contribution in [3.8, 4) is 5.75 Å². The number of amides is 1. The molecule has 0 radical (unpaired) electrons. The van der Waals surface area contributed by atoms with Gasteiger partial charge in [0.2, 0.25) is 0 Å². The number of hydrogen-bond acceptors (Lipinski definition) is 7. The number of benzene rings is 1. The second-order valence-corrected chi connectivity index (χ2v) is 9.12. The Bertz CT molecular complexity index is 804. The summed E-state index contributed by atoms with van der Waals surface area (Å²) in [6, 6.07) is 9.79. The summed E-state index contributed by atoms with van der Waals surface area (Å²) in [6.45, 7) is 6.91. The molecular formula is C21H29N3O4S. The van der Waals surface area contributed by atoms with Gasteiger partial charge in [-0.2, -0.15) is 0 Å². The second kappa shape index (κ2) is 8.69. The Kier molecular flexibility index (Phi) is 6.45. The molecule has 1 amide bonds. The van der Waals surface area contributed by atoms with E-state index in [1.54, 1.807) is 18.2 Å². The van der Waals surface area contributed by atoms with E-state index in [1.165, 1.54) is 11.5 Å². The van der Waals surface area contributed by atoms with E-state index < -0.39 is 11.1 Å². The monoisotopic (exact) mass is 419 g/mol. The van der Waals surface area contributed by atoms with Crippen molar-refractivity contribution in [1.29, 1.82) is 0 Å². The van der Waals surface area contributed by atoms with Gasteiger partial charge in [0.1, 0.15) is 11.4 Å². The van der Waals surface area contributed by atoms with E-state index >= 15 is 0 Å². The summed E-state index contributed by atoms with van der Waals surface area (Å²) in [5.41, 5.74) is -0.0766. The lowest BCUT2D eigenvalue weighted by atomic mass is 9.85. The molecule has 0 spiro atoms. The van der Waals surface area contributed by atoms with Crippen LogP contribution in [-0.4, -0.2) is 52.9 Å². The first-order valence-electron chi connectivity index (χ1n) is 9.65. The van der Waals surface area contributed by atoms with Crippen LogP contribution in [0.5, 0.6) is 5.75 Å². The van der Waals surface area contributed by atoms with Gasteiger partial charge in [-0.1, -0.05) is 12.1 Å². The number of nitrogens with zero attached hydrogens (tertiary/aromatic N) is 2. The molecule has 2 N–H and O–H groups in total. The maximum absolute atomic E-state index is 12.7. The molecule has 2 atom stereocenters. The van der Waals surface area contributed by atoms with E-state index in [1.807, 2.05) is 51.1 Å². The van der Waals surface area contributed by atoms with Crippen molar-refractivity contribution < 1.29 is 19.4 Å². The summed E-state index contributed by atoms with van der Waals surface area (Å²) < 4.78 is 15.0. The first-order chi connectivity index (χ1) is 13.8. The van der Waals surface area contributed by atoms with Crippen molar-refractivity contribution >= 4 is 17.6 Å². The van der Waals surface area contributed by atoms with Crippen LogP contribution in [0.15, 0.2) is 36.5 Å². The van der Waals surface area contributed by atoms with Gasteiger partial charge in [0, 0.05) is 43.2 Å². The molecular weight excluding hydrogens is 390 g/mol. The van der Waals surface area contributed by atoms with Crippen molar-refractivity contribution in [2.45, 2.75) is 38.5 Å². The Labute approximate surface area is 175 Å². The largest absolute Gasteiger partial charge is 0.497 e. The number of rotatable bonds is 6. The van der Waals surface area contributed by atoms with Crippen LogP contribution in [0.1, 0.15) is 31.2 Å². The molecule has 0 aliphatic carbocycles. The molecule has 1 aromatic carbocycles. The topological polar surface area (TPSA) is 83.9 Å². The fraction of sp³-hybridized carbons (Fsp3) is 0.524. The zero-order valence-electron chi connectivity index (χ0n) is 17.3. The summed E-state index contributed by atoms with van der Waals surface area (Å²) in [7, 11) is 1.64. The van der Waals surface area contributed by atoms with Crippen LogP contribution in [0.3, 0.4) is 0 Å². The Balaban J connectivity index is 1.84. The number of methoxy groups -OCH3 is 1.